The molecule has 2 aliphatic rings. The van der Waals surface area contributed by atoms with Gasteiger partial charge >= 0.3 is 0 Å². The minimum absolute atomic E-state index is 0.0772. The van der Waals surface area contributed by atoms with Crippen molar-refractivity contribution in [2.24, 2.45) is 0 Å². The van der Waals surface area contributed by atoms with E-state index in [-0.39, 0.29) is 23.7 Å². The molecule has 32 heavy (non-hydrogen) atoms. The van der Waals surface area contributed by atoms with E-state index in [4.69, 9.17) is 9.97 Å². The zero-order valence-corrected chi connectivity index (χ0v) is 19.3. The maximum atomic E-state index is 12.7. The molecular weight excluding hydrogens is 402 g/mol. The van der Waals surface area contributed by atoms with Crippen LogP contribution in [0, 0.1) is 0 Å². The van der Waals surface area contributed by atoms with Crippen molar-refractivity contribution in [3.63, 3.8) is 0 Å². The molecule has 1 atom stereocenters. The number of hydrogen-bond donors (Lipinski definition) is 0. The zero-order valence-electron chi connectivity index (χ0n) is 19.3. The van der Waals surface area contributed by atoms with Gasteiger partial charge in [0.2, 0.25) is 11.8 Å². The molecule has 0 aliphatic carbocycles. The number of anilines is 1. The summed E-state index contributed by atoms with van der Waals surface area (Å²) in [5.74, 6) is 2.45. The Labute approximate surface area is 190 Å². The first-order valence-electron chi connectivity index (χ1n) is 11.6. The molecule has 2 amide bonds. The Morgan fingerprint density at radius 1 is 1.09 bits per heavy atom. The molecule has 7 nitrogen and oxygen atoms in total. The standard InChI is InChI=1S/C25H33N5O2/c1-4-23(31)29-12-10-19(11-13-29)25-26-21(15-22(27-25)28(2)3)20-14-24(32)30(17-20)16-18-8-6-5-7-9-18/h5-9,15,19-20H,4,10-14,16-17H2,1-3H3/t20-/m0/s1. The molecule has 0 saturated carbocycles. The predicted molar refractivity (Wildman–Crippen MR) is 124 cm³/mol. The van der Waals surface area contributed by atoms with Gasteiger partial charge in [0, 0.05) is 71.0 Å². The predicted octanol–water partition coefficient (Wildman–Crippen LogP) is 3.17. The summed E-state index contributed by atoms with van der Waals surface area (Å²) in [5.41, 5.74) is 2.10. The summed E-state index contributed by atoms with van der Waals surface area (Å²) in [7, 11) is 3.97. The Hall–Kier alpha value is -2.96. The SMILES string of the molecule is CCC(=O)N1CCC(c2nc([C@H]3CC(=O)N(Cc4ccccc4)C3)cc(N(C)C)n2)CC1. The minimum Gasteiger partial charge on any atom is -0.363 e. The van der Waals surface area contributed by atoms with E-state index < -0.39 is 0 Å². The van der Waals surface area contributed by atoms with E-state index in [1.165, 1.54) is 0 Å². The first-order chi connectivity index (χ1) is 15.4. The lowest BCUT2D eigenvalue weighted by Crippen LogP contribution is -2.37. The van der Waals surface area contributed by atoms with E-state index >= 15 is 0 Å². The van der Waals surface area contributed by atoms with Crippen molar-refractivity contribution >= 4 is 17.6 Å². The van der Waals surface area contributed by atoms with Gasteiger partial charge < -0.3 is 14.7 Å². The van der Waals surface area contributed by atoms with Crippen LogP contribution in [0.4, 0.5) is 5.82 Å². The molecule has 1 aromatic carbocycles. The second-order valence-electron chi connectivity index (χ2n) is 9.07. The molecule has 0 N–H and O–H groups in total. The molecule has 2 aliphatic heterocycles. The third-order valence-electron chi connectivity index (χ3n) is 6.57. The van der Waals surface area contributed by atoms with Crippen LogP contribution in [0.1, 0.15) is 61.5 Å². The number of aromatic nitrogens is 2. The summed E-state index contributed by atoms with van der Waals surface area (Å²) < 4.78 is 0. The van der Waals surface area contributed by atoms with Gasteiger partial charge in [-0.1, -0.05) is 37.3 Å². The van der Waals surface area contributed by atoms with Gasteiger partial charge in [-0.15, -0.1) is 0 Å². The van der Waals surface area contributed by atoms with Crippen molar-refractivity contribution < 1.29 is 9.59 Å². The van der Waals surface area contributed by atoms with E-state index in [1.54, 1.807) is 0 Å². The average molecular weight is 436 g/mol. The van der Waals surface area contributed by atoms with E-state index in [0.717, 1.165) is 48.8 Å². The van der Waals surface area contributed by atoms with Crippen LogP contribution in [0.3, 0.4) is 0 Å². The summed E-state index contributed by atoms with van der Waals surface area (Å²) in [4.78, 5) is 40.4. The second-order valence-corrected chi connectivity index (χ2v) is 9.07. The van der Waals surface area contributed by atoms with E-state index in [0.29, 0.717) is 25.9 Å². The van der Waals surface area contributed by atoms with Crippen molar-refractivity contribution in [2.45, 2.75) is 51.0 Å². The van der Waals surface area contributed by atoms with Crippen LogP contribution in [0.5, 0.6) is 0 Å². The molecule has 3 heterocycles. The van der Waals surface area contributed by atoms with Gasteiger partial charge in [0.25, 0.3) is 0 Å². The topological polar surface area (TPSA) is 69.6 Å². The lowest BCUT2D eigenvalue weighted by Gasteiger charge is -2.31. The number of piperidine rings is 1. The molecule has 2 aromatic rings. The molecule has 1 aromatic heterocycles. The van der Waals surface area contributed by atoms with Gasteiger partial charge in [-0.05, 0) is 18.4 Å². The van der Waals surface area contributed by atoms with Gasteiger partial charge in [0.1, 0.15) is 11.6 Å². The number of benzene rings is 1. The van der Waals surface area contributed by atoms with Crippen LogP contribution in [-0.4, -0.2) is 65.3 Å². The molecule has 7 heteroatoms. The number of likely N-dealkylation sites (tertiary alicyclic amines) is 2. The summed E-state index contributed by atoms with van der Waals surface area (Å²) in [6.45, 7) is 4.75. The summed E-state index contributed by atoms with van der Waals surface area (Å²) >= 11 is 0. The van der Waals surface area contributed by atoms with Crippen molar-refractivity contribution in [3.05, 3.63) is 53.5 Å². The van der Waals surface area contributed by atoms with Crippen molar-refractivity contribution in [1.29, 1.82) is 0 Å². The first-order valence-corrected chi connectivity index (χ1v) is 11.6. The Bertz CT molecular complexity index is 954. The highest BCUT2D eigenvalue weighted by Gasteiger charge is 2.33. The Balaban J connectivity index is 1.51. The van der Waals surface area contributed by atoms with Crippen molar-refractivity contribution in [3.8, 4) is 0 Å². The Morgan fingerprint density at radius 3 is 2.47 bits per heavy atom. The number of nitrogens with zero attached hydrogens (tertiary/aromatic N) is 5. The second kappa shape index (κ2) is 9.67. The monoisotopic (exact) mass is 435 g/mol. The van der Waals surface area contributed by atoms with E-state index in [9.17, 15) is 9.59 Å². The number of rotatable bonds is 6. The smallest absolute Gasteiger partial charge is 0.223 e. The van der Waals surface area contributed by atoms with E-state index in [2.05, 4.69) is 12.1 Å². The van der Waals surface area contributed by atoms with Crippen LogP contribution in [0.25, 0.3) is 0 Å². The highest BCUT2D eigenvalue weighted by atomic mass is 16.2. The maximum Gasteiger partial charge on any atom is 0.223 e. The summed E-state index contributed by atoms with van der Waals surface area (Å²) in [6.07, 6.45) is 2.80. The average Bonchev–Trinajstić information content (AvgIpc) is 3.19. The van der Waals surface area contributed by atoms with Gasteiger partial charge in [-0.3, -0.25) is 9.59 Å². The molecule has 0 unspecified atom stereocenters. The van der Waals surface area contributed by atoms with Gasteiger partial charge in [0.15, 0.2) is 0 Å². The highest BCUT2D eigenvalue weighted by molar-refractivity contribution is 5.79. The number of carbonyl (C=O) groups excluding carboxylic acids is 2. The fraction of sp³-hybridized carbons (Fsp3) is 0.520. The molecule has 2 saturated heterocycles. The molecule has 0 spiro atoms. The quantitative estimate of drug-likeness (QED) is 0.697. The minimum atomic E-state index is 0.0772. The highest BCUT2D eigenvalue weighted by Crippen LogP contribution is 2.33. The molecule has 0 radical (unpaired) electrons. The molecule has 2 fully saturated rings. The fourth-order valence-electron chi connectivity index (χ4n) is 4.63. The summed E-state index contributed by atoms with van der Waals surface area (Å²) in [6, 6.07) is 12.2. The fourth-order valence-corrected chi connectivity index (χ4v) is 4.63. The normalized spacial score (nSPS) is 19.5. The van der Waals surface area contributed by atoms with Crippen LogP contribution >= 0.6 is 0 Å². The lowest BCUT2D eigenvalue weighted by atomic mass is 9.95. The Kier molecular flexibility index (Phi) is 6.72. The largest absolute Gasteiger partial charge is 0.363 e. The maximum absolute atomic E-state index is 12.7. The van der Waals surface area contributed by atoms with Crippen LogP contribution in [0.2, 0.25) is 0 Å². The van der Waals surface area contributed by atoms with Gasteiger partial charge in [0.05, 0.1) is 5.69 Å². The third-order valence-corrected chi connectivity index (χ3v) is 6.57. The van der Waals surface area contributed by atoms with Gasteiger partial charge in [-0.25, -0.2) is 9.97 Å². The molecule has 4 rings (SSSR count). The number of carbonyl (C=O) groups is 2. The zero-order chi connectivity index (χ0) is 22.7. The van der Waals surface area contributed by atoms with E-state index in [1.807, 2.05) is 60.0 Å². The molecule has 170 valence electrons. The first kappa shape index (κ1) is 22.2. The van der Waals surface area contributed by atoms with Crippen molar-refractivity contribution in [1.82, 2.24) is 19.8 Å². The van der Waals surface area contributed by atoms with Crippen LogP contribution in [-0.2, 0) is 16.1 Å². The molecular formula is C25H33N5O2. The molecule has 0 bridgehead atoms. The lowest BCUT2D eigenvalue weighted by molar-refractivity contribution is -0.132. The van der Waals surface area contributed by atoms with Gasteiger partial charge in [-0.2, -0.15) is 0 Å². The third kappa shape index (κ3) is 4.92. The number of hydrogen-bond acceptors (Lipinski definition) is 5. The Morgan fingerprint density at radius 2 is 1.81 bits per heavy atom. The summed E-state index contributed by atoms with van der Waals surface area (Å²) in [5, 5.41) is 0. The van der Waals surface area contributed by atoms with Crippen molar-refractivity contribution in [2.75, 3.05) is 38.6 Å². The van der Waals surface area contributed by atoms with Crippen LogP contribution in [0.15, 0.2) is 36.4 Å². The number of amides is 2. The van der Waals surface area contributed by atoms with Crippen LogP contribution < -0.4 is 4.90 Å².